The zero-order chi connectivity index (χ0) is 18.8. The van der Waals surface area contributed by atoms with Crippen LogP contribution in [-0.4, -0.2) is 32.4 Å². The zero-order valence-corrected chi connectivity index (χ0v) is 13.9. The van der Waals surface area contributed by atoms with Crippen LogP contribution in [0.2, 0.25) is 0 Å². The largest absolute Gasteiger partial charge is 0.554 e. The third kappa shape index (κ3) is 5.09. The zero-order valence-electron chi connectivity index (χ0n) is 13.9. The maximum absolute atomic E-state index is 8.25. The number of nitrogen functional groups attached to an aromatic ring is 1. The van der Waals surface area contributed by atoms with E-state index in [1.807, 2.05) is 42.5 Å². The van der Waals surface area contributed by atoms with Crippen LogP contribution in [0.5, 0.6) is 0 Å². The predicted octanol–water partition coefficient (Wildman–Crippen LogP) is -1.06. The number of nitrogens with zero attached hydrogens (tertiary/aromatic N) is 5. The molecule has 0 atom stereocenters. The van der Waals surface area contributed by atoms with Gasteiger partial charge in [0.2, 0.25) is 5.82 Å². The fourth-order valence-corrected chi connectivity index (χ4v) is 2.04. The van der Waals surface area contributed by atoms with Crippen LogP contribution in [0.1, 0.15) is 17.1 Å². The molecule has 3 N–H and O–H groups in total. The first-order valence-corrected chi connectivity index (χ1v) is 7.46. The van der Waals surface area contributed by atoms with Gasteiger partial charge in [-0.25, -0.2) is 9.67 Å². The van der Waals surface area contributed by atoms with Crippen LogP contribution in [-0.2, 0) is 23.3 Å². The van der Waals surface area contributed by atoms with Gasteiger partial charge in [0.15, 0.2) is 12.3 Å². The molecule has 2 aromatic heterocycles. The van der Waals surface area contributed by atoms with Gasteiger partial charge in [0, 0.05) is 25.1 Å². The van der Waals surface area contributed by atoms with Gasteiger partial charge >= 0.3 is 0 Å². The van der Waals surface area contributed by atoms with Crippen molar-refractivity contribution in [1.29, 1.82) is 0 Å². The standard InChI is InChI=1S/C15H15N7O.CH2O2/c1-22-15(18-20-21-22)14(11-6-3-2-4-7-11)19-23-10-12-8-5-9-13(16)17-12;2-1-3/h2-9H,10H2,1H3,(H2,16,17);1H,(H,2,3)/b19-14-;. The maximum atomic E-state index is 8.25. The Bertz CT molecular complexity index is 865. The molecule has 0 amide bonds. The van der Waals surface area contributed by atoms with E-state index in [4.69, 9.17) is 20.5 Å². The number of tetrazole rings is 1. The Morgan fingerprint density at radius 2 is 2.04 bits per heavy atom. The highest BCUT2D eigenvalue weighted by atomic mass is 16.6. The normalized spacial score (nSPS) is 10.6. The summed E-state index contributed by atoms with van der Waals surface area (Å²) in [7, 11) is 1.75. The molecule has 0 spiro atoms. The Morgan fingerprint density at radius 1 is 1.31 bits per heavy atom. The van der Waals surface area contributed by atoms with Gasteiger partial charge in [0.05, 0.1) is 0 Å². The summed E-state index contributed by atoms with van der Waals surface area (Å²) in [6, 6.07) is 15.1. The molecular formula is C16H17N7O3. The van der Waals surface area contributed by atoms with Crippen molar-refractivity contribution in [3.63, 3.8) is 0 Å². The van der Waals surface area contributed by atoms with Gasteiger partial charge in [-0.2, -0.15) is 0 Å². The smallest absolute Gasteiger partial charge is 0.270 e. The maximum Gasteiger partial charge on any atom is 0.270 e. The molecule has 1 aromatic carbocycles. The summed E-state index contributed by atoms with van der Waals surface area (Å²) in [6.45, 7) is -0.243. The first-order valence-electron chi connectivity index (χ1n) is 7.46. The van der Waals surface area contributed by atoms with Gasteiger partial charge < -0.3 is 14.7 Å². The summed E-state index contributed by atoms with van der Waals surface area (Å²) in [4.78, 5) is 16.7. The molecule has 26 heavy (non-hydrogen) atoms. The van der Waals surface area contributed by atoms with E-state index in [-0.39, 0.29) is 6.61 Å². The molecule has 134 valence electrons. The first-order chi connectivity index (χ1) is 12.7. The number of hydrogen-bond donors (Lipinski definition) is 1. The van der Waals surface area contributed by atoms with Crippen molar-refractivity contribution in [2.24, 2.45) is 12.2 Å². The van der Waals surface area contributed by atoms with E-state index in [1.54, 1.807) is 17.8 Å². The Hall–Kier alpha value is -3.82. The molecule has 0 unspecified atom stereocenters. The van der Waals surface area contributed by atoms with Crippen LogP contribution in [0, 0.1) is 0 Å². The van der Waals surface area contributed by atoms with Crippen molar-refractivity contribution in [1.82, 2.24) is 20.2 Å². The summed E-state index contributed by atoms with van der Waals surface area (Å²) < 4.78 is 1.54. The minimum atomic E-state index is -0.500. The fraction of sp³-hybridized carbons (Fsp3) is 0.125. The molecular weight excluding hydrogens is 338 g/mol. The molecule has 2 heterocycles. The summed E-state index contributed by atoms with van der Waals surface area (Å²) in [5.74, 6) is 1.09. The monoisotopic (exact) mass is 355 g/mol. The number of oxime groups is 1. The van der Waals surface area contributed by atoms with Crippen LogP contribution in [0.25, 0.3) is 0 Å². The van der Waals surface area contributed by atoms with Gasteiger partial charge in [-0.1, -0.05) is 41.6 Å². The van der Waals surface area contributed by atoms with E-state index in [2.05, 4.69) is 25.7 Å². The highest BCUT2D eigenvalue weighted by molar-refractivity contribution is 6.10. The molecule has 10 nitrogen and oxygen atoms in total. The number of carbonyl (C=O) groups is 1. The molecule has 0 fully saturated rings. The lowest BCUT2D eigenvalue weighted by Crippen LogP contribution is -2.17. The van der Waals surface area contributed by atoms with Crippen LogP contribution < -0.4 is 15.8 Å². The van der Waals surface area contributed by atoms with Crippen molar-refractivity contribution in [2.45, 2.75) is 6.61 Å². The number of anilines is 1. The van der Waals surface area contributed by atoms with E-state index in [0.29, 0.717) is 17.4 Å². The minimum Gasteiger partial charge on any atom is -0.554 e. The average molecular weight is 355 g/mol. The van der Waals surface area contributed by atoms with Crippen molar-refractivity contribution < 1.29 is 19.7 Å². The van der Waals surface area contributed by atoms with Gasteiger partial charge in [-0.05, 0) is 16.5 Å². The lowest BCUT2D eigenvalue weighted by molar-refractivity contribution is -0.379. The van der Waals surface area contributed by atoms with Crippen LogP contribution >= 0.6 is 0 Å². The van der Waals surface area contributed by atoms with Crippen LogP contribution in [0.4, 0.5) is 5.82 Å². The summed E-state index contributed by atoms with van der Waals surface area (Å²) in [6.07, 6.45) is 0. The number of hydrogen-bond acceptors (Lipinski definition) is 8. The number of pyridine rings is 1. The second kappa shape index (κ2) is 9.47. The molecule has 0 aliphatic rings. The van der Waals surface area contributed by atoms with Crippen molar-refractivity contribution >= 4 is 18.0 Å². The number of aromatic nitrogens is 5. The molecule has 0 saturated carbocycles. The van der Waals surface area contributed by atoms with Crippen LogP contribution in [0.3, 0.4) is 0 Å². The predicted molar refractivity (Wildman–Crippen MR) is 89.1 cm³/mol. The van der Waals surface area contributed by atoms with Gasteiger partial charge in [0.1, 0.15) is 5.69 Å². The number of nitrogens with two attached hydrogens (primary N) is 1. The average Bonchev–Trinajstić information content (AvgIpc) is 3.06. The minimum absolute atomic E-state index is 0.257. The van der Waals surface area contributed by atoms with Crippen LogP contribution in [0.15, 0.2) is 53.7 Å². The molecule has 0 aliphatic carbocycles. The van der Waals surface area contributed by atoms with E-state index in [9.17, 15) is 0 Å². The molecule has 0 bridgehead atoms. The summed E-state index contributed by atoms with van der Waals surface area (Å²) >= 11 is 0. The Morgan fingerprint density at radius 3 is 2.65 bits per heavy atom. The lowest BCUT2D eigenvalue weighted by atomic mass is 10.1. The molecule has 0 radical (unpaired) electrons. The number of H-pyrrole nitrogens is 1. The number of nitrogens with one attached hydrogen (secondary N) is 1. The SMILES string of the molecule is Cn1nnnc1/C(=N\OCc1cccc(N)[nH+]1)c1ccccc1.O=C[O-]. The number of aromatic amines is 1. The van der Waals surface area contributed by atoms with E-state index in [0.717, 1.165) is 11.3 Å². The molecule has 3 aromatic rings. The first kappa shape index (κ1) is 18.5. The topological polar surface area (TPSA) is 145 Å². The molecule has 10 heteroatoms. The van der Waals surface area contributed by atoms with Crippen molar-refractivity contribution in [3.05, 3.63) is 65.6 Å². The number of benzene rings is 1. The van der Waals surface area contributed by atoms with E-state index in [1.165, 1.54) is 0 Å². The van der Waals surface area contributed by atoms with Gasteiger partial charge in [0.25, 0.3) is 5.82 Å². The molecule has 3 rings (SSSR count). The highest BCUT2D eigenvalue weighted by Crippen LogP contribution is 2.08. The Labute approximate surface area is 148 Å². The van der Waals surface area contributed by atoms with Crippen molar-refractivity contribution in [2.75, 3.05) is 5.73 Å². The Kier molecular flexibility index (Phi) is 6.74. The number of aryl methyl sites for hydroxylation is 1. The summed E-state index contributed by atoms with van der Waals surface area (Å²) in [5.41, 5.74) is 7.94. The lowest BCUT2D eigenvalue weighted by Gasteiger charge is -2.05. The fourth-order valence-electron chi connectivity index (χ4n) is 2.04. The quantitative estimate of drug-likeness (QED) is 0.349. The highest BCUT2D eigenvalue weighted by Gasteiger charge is 2.14. The van der Waals surface area contributed by atoms with Gasteiger partial charge in [-0.15, -0.1) is 5.10 Å². The summed E-state index contributed by atoms with van der Waals surface area (Å²) in [5, 5.41) is 23.9. The third-order valence-corrected chi connectivity index (χ3v) is 3.13. The molecule has 0 aliphatic heterocycles. The second-order valence-corrected chi connectivity index (χ2v) is 4.93. The second-order valence-electron chi connectivity index (χ2n) is 4.93. The van der Waals surface area contributed by atoms with Gasteiger partial charge in [-0.3, -0.25) is 5.73 Å². The third-order valence-electron chi connectivity index (χ3n) is 3.13. The number of carboxylic acid groups (broad SMARTS) is 1. The number of carbonyl (C=O) groups excluding carboxylic acids is 1. The molecule has 0 saturated heterocycles. The Balaban J connectivity index is 0.000000758. The van der Waals surface area contributed by atoms with E-state index < -0.39 is 6.47 Å². The van der Waals surface area contributed by atoms with E-state index >= 15 is 0 Å². The van der Waals surface area contributed by atoms with Crippen molar-refractivity contribution in [3.8, 4) is 0 Å². The number of rotatable bonds is 5.